The number of rotatable bonds is 9. The predicted molar refractivity (Wildman–Crippen MR) is 151 cm³/mol. The zero-order chi connectivity index (χ0) is 26.6. The van der Waals surface area contributed by atoms with Crippen LogP contribution in [-0.4, -0.2) is 33.5 Å². The predicted octanol–water partition coefficient (Wildman–Crippen LogP) is 6.16. The number of ether oxygens (including phenoxy) is 2. The Hall–Kier alpha value is -4.58. The summed E-state index contributed by atoms with van der Waals surface area (Å²) in [7, 11) is 0. The van der Waals surface area contributed by atoms with Crippen LogP contribution < -0.4 is 9.47 Å². The zero-order valence-electron chi connectivity index (χ0n) is 22.0. The van der Waals surface area contributed by atoms with Gasteiger partial charge in [0.05, 0.1) is 5.69 Å². The summed E-state index contributed by atoms with van der Waals surface area (Å²) in [5.41, 5.74) is 6.26. The molecule has 6 rings (SSSR count). The summed E-state index contributed by atoms with van der Waals surface area (Å²) >= 11 is 0. The summed E-state index contributed by atoms with van der Waals surface area (Å²) in [6, 6.07) is 32.6. The number of imidazole rings is 1. The van der Waals surface area contributed by atoms with Crippen molar-refractivity contribution in [3.63, 3.8) is 0 Å². The Morgan fingerprint density at radius 3 is 2.44 bits per heavy atom. The Kier molecular flexibility index (Phi) is 7.00. The number of aryl methyl sites for hydroxylation is 1. The molecule has 196 valence electrons. The number of hydrogen-bond acceptors (Lipinski definition) is 4. The van der Waals surface area contributed by atoms with Gasteiger partial charge in [0.1, 0.15) is 5.65 Å². The van der Waals surface area contributed by atoms with Crippen molar-refractivity contribution in [3.05, 3.63) is 131 Å². The summed E-state index contributed by atoms with van der Waals surface area (Å²) in [4.78, 5) is 20.8. The molecule has 1 amide bonds. The molecule has 0 saturated heterocycles. The highest BCUT2D eigenvalue weighted by Crippen LogP contribution is 2.38. The van der Waals surface area contributed by atoms with Crippen molar-refractivity contribution in [1.29, 1.82) is 0 Å². The molecule has 0 bridgehead atoms. The van der Waals surface area contributed by atoms with Crippen LogP contribution in [0.25, 0.3) is 5.65 Å². The molecule has 0 saturated carbocycles. The highest BCUT2D eigenvalue weighted by Gasteiger charge is 2.27. The van der Waals surface area contributed by atoms with Crippen molar-refractivity contribution < 1.29 is 14.3 Å². The lowest BCUT2D eigenvalue weighted by atomic mass is 9.91. The molecule has 0 aliphatic carbocycles. The van der Waals surface area contributed by atoms with Gasteiger partial charge in [-0.25, -0.2) is 4.98 Å². The van der Waals surface area contributed by atoms with Crippen molar-refractivity contribution in [2.75, 3.05) is 13.3 Å². The Labute approximate surface area is 228 Å². The summed E-state index contributed by atoms with van der Waals surface area (Å²) in [6.07, 6.45) is 3.00. The van der Waals surface area contributed by atoms with E-state index >= 15 is 0 Å². The first kappa shape index (κ1) is 24.7. The number of aromatic nitrogens is 2. The van der Waals surface area contributed by atoms with E-state index in [2.05, 4.69) is 46.6 Å². The third-order valence-electron chi connectivity index (χ3n) is 7.37. The molecular weight excluding hydrogens is 486 g/mol. The van der Waals surface area contributed by atoms with E-state index in [0.717, 1.165) is 40.3 Å². The van der Waals surface area contributed by atoms with Crippen LogP contribution in [-0.2, 0) is 17.8 Å². The molecule has 5 aromatic rings. The molecule has 0 radical (unpaired) electrons. The number of hydrogen-bond donors (Lipinski definition) is 0. The second-order valence-electron chi connectivity index (χ2n) is 9.95. The number of carbonyl (C=O) groups is 1. The fraction of sp³-hybridized carbons (Fsp3) is 0.212. The van der Waals surface area contributed by atoms with Gasteiger partial charge < -0.3 is 18.8 Å². The molecule has 1 atom stereocenters. The maximum atomic E-state index is 14.1. The zero-order valence-corrected chi connectivity index (χ0v) is 22.0. The first-order chi connectivity index (χ1) is 19.2. The minimum Gasteiger partial charge on any atom is -0.454 e. The van der Waals surface area contributed by atoms with Crippen LogP contribution in [0.1, 0.15) is 40.4 Å². The molecule has 3 aromatic carbocycles. The molecule has 6 heteroatoms. The summed E-state index contributed by atoms with van der Waals surface area (Å²) in [5.74, 6) is 1.33. The van der Waals surface area contributed by atoms with Gasteiger partial charge in [-0.15, -0.1) is 0 Å². The third-order valence-corrected chi connectivity index (χ3v) is 7.37. The van der Waals surface area contributed by atoms with E-state index in [0.29, 0.717) is 25.3 Å². The van der Waals surface area contributed by atoms with Gasteiger partial charge in [-0.1, -0.05) is 72.8 Å². The van der Waals surface area contributed by atoms with Crippen molar-refractivity contribution in [2.24, 2.45) is 0 Å². The van der Waals surface area contributed by atoms with Crippen molar-refractivity contribution in [3.8, 4) is 11.5 Å². The quantitative estimate of drug-likeness (QED) is 0.235. The lowest BCUT2D eigenvalue weighted by Crippen LogP contribution is -2.33. The molecule has 2 aromatic heterocycles. The molecule has 0 N–H and O–H groups in total. The van der Waals surface area contributed by atoms with E-state index in [-0.39, 0.29) is 18.6 Å². The second kappa shape index (κ2) is 11.0. The first-order valence-electron chi connectivity index (χ1n) is 13.3. The number of benzene rings is 3. The lowest BCUT2D eigenvalue weighted by Gasteiger charge is -2.26. The number of nitrogens with zero attached hydrogens (tertiary/aromatic N) is 3. The van der Waals surface area contributed by atoms with Crippen molar-refractivity contribution in [1.82, 2.24) is 14.3 Å². The molecule has 0 fully saturated rings. The van der Waals surface area contributed by atoms with E-state index in [1.807, 2.05) is 77.8 Å². The molecule has 1 aliphatic heterocycles. The molecule has 0 spiro atoms. The van der Waals surface area contributed by atoms with Crippen LogP contribution in [0, 0.1) is 6.92 Å². The van der Waals surface area contributed by atoms with Gasteiger partial charge in [-0.2, -0.15) is 0 Å². The third kappa shape index (κ3) is 5.36. The second-order valence-corrected chi connectivity index (χ2v) is 9.95. The Bertz CT molecular complexity index is 1580. The number of amides is 1. The normalized spacial score (nSPS) is 12.9. The fourth-order valence-electron chi connectivity index (χ4n) is 5.31. The molecule has 1 unspecified atom stereocenters. The topological polar surface area (TPSA) is 56.1 Å². The van der Waals surface area contributed by atoms with Crippen molar-refractivity contribution >= 4 is 11.6 Å². The van der Waals surface area contributed by atoms with E-state index in [4.69, 9.17) is 9.47 Å². The van der Waals surface area contributed by atoms with Crippen LogP contribution in [0.2, 0.25) is 0 Å². The van der Waals surface area contributed by atoms with Crippen LogP contribution in [0.5, 0.6) is 11.5 Å². The fourth-order valence-corrected chi connectivity index (χ4v) is 5.31. The van der Waals surface area contributed by atoms with E-state index < -0.39 is 0 Å². The molecule has 1 aliphatic rings. The molecule has 6 nitrogen and oxygen atoms in total. The summed E-state index contributed by atoms with van der Waals surface area (Å²) < 4.78 is 13.4. The van der Waals surface area contributed by atoms with Crippen molar-refractivity contribution in [2.45, 2.75) is 32.2 Å². The van der Waals surface area contributed by atoms with E-state index in [1.165, 1.54) is 5.56 Å². The average molecular weight is 518 g/mol. The molecular formula is C33H31N3O3. The van der Waals surface area contributed by atoms with Gasteiger partial charge >= 0.3 is 0 Å². The number of fused-ring (bicyclic) bond motifs is 2. The van der Waals surface area contributed by atoms with Gasteiger partial charge in [0.2, 0.25) is 12.7 Å². The molecule has 3 heterocycles. The SMILES string of the molecule is Cc1cccc2ncc(C(CC(=O)N(CCc3ccccc3)Cc3ccccc3)c3ccc4c(c3)OCO4)n12. The highest BCUT2D eigenvalue weighted by molar-refractivity contribution is 5.78. The number of carbonyl (C=O) groups excluding carboxylic acids is 1. The van der Waals surface area contributed by atoms with Crippen LogP contribution in [0.15, 0.2) is 103 Å². The molecule has 39 heavy (non-hydrogen) atoms. The van der Waals surface area contributed by atoms with Gasteiger partial charge in [0, 0.05) is 37.3 Å². The Morgan fingerprint density at radius 2 is 1.64 bits per heavy atom. The minimum absolute atomic E-state index is 0.0981. The number of pyridine rings is 1. The standard InChI is InChI=1S/C33H31N3O3/c1-24-9-8-14-32-34-21-29(36(24)32)28(27-15-16-30-31(19-27)39-23-38-30)20-33(37)35(22-26-12-6-3-7-13-26)18-17-25-10-4-2-5-11-25/h2-16,19,21,28H,17-18,20,22-23H2,1H3. The lowest BCUT2D eigenvalue weighted by molar-refractivity contribution is -0.132. The van der Waals surface area contributed by atoms with Gasteiger partial charge in [0.15, 0.2) is 11.5 Å². The summed E-state index contributed by atoms with van der Waals surface area (Å²) in [5, 5.41) is 0. The van der Waals surface area contributed by atoms with Crippen LogP contribution in [0.4, 0.5) is 0 Å². The maximum Gasteiger partial charge on any atom is 0.231 e. The van der Waals surface area contributed by atoms with Crippen LogP contribution in [0.3, 0.4) is 0 Å². The average Bonchev–Trinajstić information content (AvgIpc) is 3.62. The minimum atomic E-state index is -0.210. The Balaban J connectivity index is 1.35. The van der Waals surface area contributed by atoms with Crippen LogP contribution >= 0.6 is 0 Å². The van der Waals surface area contributed by atoms with Gasteiger partial charge in [-0.05, 0) is 54.3 Å². The largest absolute Gasteiger partial charge is 0.454 e. The van der Waals surface area contributed by atoms with Gasteiger partial charge in [-0.3, -0.25) is 4.79 Å². The maximum absolute atomic E-state index is 14.1. The van der Waals surface area contributed by atoms with E-state index in [1.54, 1.807) is 0 Å². The van der Waals surface area contributed by atoms with E-state index in [9.17, 15) is 4.79 Å². The van der Waals surface area contributed by atoms with Gasteiger partial charge in [0.25, 0.3) is 0 Å². The Morgan fingerprint density at radius 1 is 0.897 bits per heavy atom. The first-order valence-corrected chi connectivity index (χ1v) is 13.3. The smallest absolute Gasteiger partial charge is 0.231 e. The highest BCUT2D eigenvalue weighted by atomic mass is 16.7. The monoisotopic (exact) mass is 517 g/mol. The summed E-state index contributed by atoms with van der Waals surface area (Å²) in [6.45, 7) is 3.48.